The highest BCUT2D eigenvalue weighted by atomic mass is 79.9. The lowest BCUT2D eigenvalue weighted by molar-refractivity contribution is -0.137. The number of alkyl halides is 4. The summed E-state index contributed by atoms with van der Waals surface area (Å²) in [5.74, 6) is 0.0337. The summed E-state index contributed by atoms with van der Waals surface area (Å²) in [6, 6.07) is 1.10. The van der Waals surface area contributed by atoms with E-state index in [2.05, 4.69) is 41.7 Å². The van der Waals surface area contributed by atoms with E-state index in [1.165, 1.54) is 6.20 Å². The van der Waals surface area contributed by atoms with Gasteiger partial charge < -0.3 is 9.80 Å². The molecule has 1 aromatic heterocycles. The Bertz CT molecular complexity index is 482. The van der Waals surface area contributed by atoms with Crippen molar-refractivity contribution in [2.45, 2.75) is 12.6 Å². The van der Waals surface area contributed by atoms with Crippen LogP contribution in [0.3, 0.4) is 0 Å². The summed E-state index contributed by atoms with van der Waals surface area (Å²) < 4.78 is 39.9. The minimum Gasteiger partial charge on any atom is -0.355 e. The first-order valence-corrected chi connectivity index (χ1v) is 8.59. The fraction of sp³-hybridized carbons (Fsp3) is 0.615. The van der Waals surface area contributed by atoms with E-state index in [-0.39, 0.29) is 5.82 Å². The van der Waals surface area contributed by atoms with E-state index in [0.29, 0.717) is 17.6 Å². The SMILES string of the molecule is FC(F)(F)c1cc(Br)cnc1N1CCCN(CCBr)CC1. The summed E-state index contributed by atoms with van der Waals surface area (Å²) in [7, 11) is 0. The molecule has 3 nitrogen and oxygen atoms in total. The zero-order valence-electron chi connectivity index (χ0n) is 11.3. The number of aromatic nitrogens is 1. The smallest absolute Gasteiger partial charge is 0.355 e. The Kier molecular flexibility index (Phi) is 5.90. The fourth-order valence-corrected chi connectivity index (χ4v) is 3.25. The first-order valence-electron chi connectivity index (χ1n) is 6.68. The second-order valence-electron chi connectivity index (χ2n) is 4.89. The van der Waals surface area contributed by atoms with E-state index in [0.717, 1.165) is 37.5 Å². The molecule has 0 amide bonds. The molecule has 2 rings (SSSR count). The molecule has 0 N–H and O–H groups in total. The van der Waals surface area contributed by atoms with E-state index < -0.39 is 11.7 Å². The average Bonchev–Trinajstić information content (AvgIpc) is 2.64. The molecular weight excluding hydrogens is 415 g/mol. The summed E-state index contributed by atoms with van der Waals surface area (Å²) in [6.07, 6.45) is -2.14. The standard InChI is InChI=1S/C13H16Br2F3N3/c14-2-5-20-3-1-4-21(7-6-20)12-11(13(16,17)18)8-10(15)9-19-12/h8-9H,1-7H2. The van der Waals surface area contributed by atoms with Crippen molar-refractivity contribution < 1.29 is 13.2 Å². The van der Waals surface area contributed by atoms with Gasteiger partial charge in [0.1, 0.15) is 5.82 Å². The van der Waals surface area contributed by atoms with Gasteiger partial charge in [-0.15, -0.1) is 0 Å². The highest BCUT2D eigenvalue weighted by Gasteiger charge is 2.36. The van der Waals surface area contributed by atoms with Crippen LogP contribution in [0.2, 0.25) is 0 Å². The third kappa shape index (κ3) is 4.56. The predicted molar refractivity (Wildman–Crippen MR) is 84.0 cm³/mol. The Morgan fingerprint density at radius 2 is 1.95 bits per heavy atom. The molecule has 8 heteroatoms. The van der Waals surface area contributed by atoms with Crippen molar-refractivity contribution in [2.75, 3.05) is 43.0 Å². The molecule has 2 heterocycles. The lowest BCUT2D eigenvalue weighted by Crippen LogP contribution is -2.33. The Balaban J connectivity index is 2.22. The van der Waals surface area contributed by atoms with E-state index in [1.807, 2.05) is 0 Å². The van der Waals surface area contributed by atoms with Crippen LogP contribution in [0.5, 0.6) is 0 Å². The molecule has 0 unspecified atom stereocenters. The van der Waals surface area contributed by atoms with Crippen LogP contribution in [-0.4, -0.2) is 47.9 Å². The summed E-state index contributed by atoms with van der Waals surface area (Å²) in [5.41, 5.74) is -0.675. The normalized spacial score (nSPS) is 17.9. The molecule has 118 valence electrons. The van der Waals surface area contributed by atoms with Crippen LogP contribution >= 0.6 is 31.9 Å². The maximum atomic E-state index is 13.2. The van der Waals surface area contributed by atoms with E-state index >= 15 is 0 Å². The van der Waals surface area contributed by atoms with Gasteiger partial charge in [-0.3, -0.25) is 0 Å². The van der Waals surface area contributed by atoms with Crippen molar-refractivity contribution in [1.82, 2.24) is 9.88 Å². The van der Waals surface area contributed by atoms with Crippen LogP contribution in [0, 0.1) is 0 Å². The number of halogens is 5. The molecule has 0 radical (unpaired) electrons. The monoisotopic (exact) mass is 429 g/mol. The highest BCUT2D eigenvalue weighted by molar-refractivity contribution is 9.10. The molecule has 1 saturated heterocycles. The van der Waals surface area contributed by atoms with Gasteiger partial charge in [0, 0.05) is 42.2 Å². The largest absolute Gasteiger partial charge is 0.419 e. The van der Waals surface area contributed by atoms with Crippen LogP contribution in [0.4, 0.5) is 19.0 Å². The molecular formula is C13H16Br2F3N3. The van der Waals surface area contributed by atoms with Crippen molar-refractivity contribution in [3.05, 3.63) is 22.3 Å². The molecule has 0 saturated carbocycles. The number of hydrogen-bond donors (Lipinski definition) is 0. The van der Waals surface area contributed by atoms with Crippen LogP contribution in [0.15, 0.2) is 16.7 Å². The van der Waals surface area contributed by atoms with Crippen molar-refractivity contribution in [3.8, 4) is 0 Å². The van der Waals surface area contributed by atoms with Crippen molar-refractivity contribution in [3.63, 3.8) is 0 Å². The van der Waals surface area contributed by atoms with Gasteiger partial charge in [0.2, 0.25) is 0 Å². The second-order valence-corrected chi connectivity index (χ2v) is 6.60. The number of rotatable bonds is 3. The number of nitrogens with zero attached hydrogens (tertiary/aromatic N) is 3. The van der Waals surface area contributed by atoms with Gasteiger partial charge >= 0.3 is 6.18 Å². The highest BCUT2D eigenvalue weighted by Crippen LogP contribution is 2.37. The Labute approximate surface area is 138 Å². The maximum Gasteiger partial charge on any atom is 0.419 e. The van der Waals surface area contributed by atoms with Crippen LogP contribution in [0.1, 0.15) is 12.0 Å². The van der Waals surface area contributed by atoms with Gasteiger partial charge in [-0.05, 0) is 35.0 Å². The van der Waals surface area contributed by atoms with Crippen molar-refractivity contribution >= 4 is 37.7 Å². The topological polar surface area (TPSA) is 19.4 Å². The van der Waals surface area contributed by atoms with Gasteiger partial charge in [-0.1, -0.05) is 15.9 Å². The molecule has 1 aromatic rings. The molecule has 0 spiro atoms. The van der Waals surface area contributed by atoms with E-state index in [1.54, 1.807) is 4.90 Å². The van der Waals surface area contributed by atoms with Gasteiger partial charge in [0.15, 0.2) is 0 Å². The van der Waals surface area contributed by atoms with Crippen molar-refractivity contribution in [1.29, 1.82) is 0 Å². The lowest BCUT2D eigenvalue weighted by atomic mass is 10.2. The minimum absolute atomic E-state index is 0.0337. The van der Waals surface area contributed by atoms with Crippen molar-refractivity contribution in [2.24, 2.45) is 0 Å². The van der Waals surface area contributed by atoms with Gasteiger partial charge in [0.05, 0.1) is 5.56 Å². The first-order chi connectivity index (χ1) is 9.91. The summed E-state index contributed by atoms with van der Waals surface area (Å²) >= 11 is 6.46. The third-order valence-corrected chi connectivity index (χ3v) is 4.22. The molecule has 0 bridgehead atoms. The molecule has 21 heavy (non-hydrogen) atoms. The minimum atomic E-state index is -4.39. The Morgan fingerprint density at radius 3 is 2.62 bits per heavy atom. The zero-order valence-corrected chi connectivity index (χ0v) is 14.5. The Hall–Kier alpha value is -0.340. The fourth-order valence-electron chi connectivity index (χ4n) is 2.42. The Morgan fingerprint density at radius 1 is 1.19 bits per heavy atom. The number of pyridine rings is 1. The zero-order chi connectivity index (χ0) is 15.5. The van der Waals surface area contributed by atoms with Gasteiger partial charge in [0.25, 0.3) is 0 Å². The summed E-state index contributed by atoms with van der Waals surface area (Å²) in [5, 5.41) is 0.872. The summed E-state index contributed by atoms with van der Waals surface area (Å²) in [6.45, 7) is 3.72. The molecule has 1 aliphatic rings. The lowest BCUT2D eigenvalue weighted by Gasteiger charge is -2.25. The van der Waals surface area contributed by atoms with Crippen LogP contribution in [-0.2, 0) is 6.18 Å². The summed E-state index contributed by atoms with van der Waals surface area (Å²) in [4.78, 5) is 8.00. The average molecular weight is 431 g/mol. The second kappa shape index (κ2) is 7.28. The predicted octanol–water partition coefficient (Wildman–Crippen LogP) is 3.77. The van der Waals surface area contributed by atoms with Crippen LogP contribution in [0.25, 0.3) is 0 Å². The molecule has 0 atom stereocenters. The number of hydrogen-bond acceptors (Lipinski definition) is 3. The molecule has 1 fully saturated rings. The quantitative estimate of drug-likeness (QED) is 0.680. The van der Waals surface area contributed by atoms with E-state index in [4.69, 9.17) is 0 Å². The van der Waals surface area contributed by atoms with Gasteiger partial charge in [-0.25, -0.2) is 4.98 Å². The molecule has 1 aliphatic heterocycles. The molecule has 0 aliphatic carbocycles. The molecule has 0 aromatic carbocycles. The third-order valence-electron chi connectivity index (χ3n) is 3.43. The van der Waals surface area contributed by atoms with Gasteiger partial charge in [-0.2, -0.15) is 13.2 Å². The number of anilines is 1. The van der Waals surface area contributed by atoms with Crippen LogP contribution < -0.4 is 4.90 Å². The maximum absolute atomic E-state index is 13.2. The van der Waals surface area contributed by atoms with E-state index in [9.17, 15) is 13.2 Å². The first kappa shape index (κ1) is 17.0.